The number of hydrazone groups is 1. The fourth-order valence-corrected chi connectivity index (χ4v) is 3.98. The molecule has 0 spiro atoms. The average Bonchev–Trinajstić information content (AvgIpc) is 2.92. The second-order valence-corrected chi connectivity index (χ2v) is 8.10. The highest BCUT2D eigenvalue weighted by atomic mass is 16.5. The SMILES string of the molecule is COc1ccc2ccccc2c1/C=N/NC(=O)c1ccc(COc2ccc3ccccc3c2)cc1. The Bertz CT molecular complexity index is 1520. The Kier molecular flexibility index (Phi) is 6.39. The second kappa shape index (κ2) is 10.1. The van der Waals surface area contributed by atoms with Gasteiger partial charge in [0.1, 0.15) is 18.1 Å². The Morgan fingerprint density at radius 3 is 2.34 bits per heavy atom. The lowest BCUT2D eigenvalue weighted by atomic mass is 10.0. The van der Waals surface area contributed by atoms with Crippen molar-refractivity contribution in [3.05, 3.63) is 120 Å². The number of rotatable bonds is 7. The molecule has 5 aromatic carbocycles. The molecule has 5 nitrogen and oxygen atoms in total. The molecule has 0 aromatic heterocycles. The zero-order chi connectivity index (χ0) is 24.0. The Morgan fingerprint density at radius 2 is 1.54 bits per heavy atom. The van der Waals surface area contributed by atoms with Crippen LogP contribution >= 0.6 is 0 Å². The van der Waals surface area contributed by atoms with Crippen LogP contribution in [0.1, 0.15) is 21.5 Å². The lowest BCUT2D eigenvalue weighted by Gasteiger charge is -2.09. The van der Waals surface area contributed by atoms with Gasteiger partial charge >= 0.3 is 0 Å². The quantitative estimate of drug-likeness (QED) is 0.228. The Labute approximate surface area is 203 Å². The topological polar surface area (TPSA) is 59.9 Å². The van der Waals surface area contributed by atoms with Crippen LogP contribution in [-0.4, -0.2) is 19.2 Å². The maximum Gasteiger partial charge on any atom is 0.271 e. The molecule has 35 heavy (non-hydrogen) atoms. The van der Waals surface area contributed by atoms with Crippen molar-refractivity contribution in [2.75, 3.05) is 7.11 Å². The molecule has 0 bridgehead atoms. The van der Waals surface area contributed by atoms with Gasteiger partial charge in [-0.05, 0) is 57.4 Å². The predicted molar refractivity (Wildman–Crippen MR) is 140 cm³/mol. The Morgan fingerprint density at radius 1 is 0.829 bits per heavy atom. The minimum absolute atomic E-state index is 0.289. The predicted octanol–water partition coefficient (Wildman–Crippen LogP) is 6.34. The summed E-state index contributed by atoms with van der Waals surface area (Å²) in [6.07, 6.45) is 1.62. The lowest BCUT2D eigenvalue weighted by molar-refractivity contribution is 0.0955. The normalized spacial score (nSPS) is 11.1. The van der Waals surface area contributed by atoms with Gasteiger partial charge in [0, 0.05) is 11.1 Å². The summed E-state index contributed by atoms with van der Waals surface area (Å²) < 4.78 is 11.4. The van der Waals surface area contributed by atoms with Gasteiger partial charge in [-0.2, -0.15) is 5.10 Å². The summed E-state index contributed by atoms with van der Waals surface area (Å²) >= 11 is 0. The van der Waals surface area contributed by atoms with Crippen molar-refractivity contribution in [2.45, 2.75) is 6.61 Å². The van der Waals surface area contributed by atoms with Crippen LogP contribution in [0, 0.1) is 0 Å². The highest BCUT2D eigenvalue weighted by molar-refractivity contribution is 6.03. The maximum atomic E-state index is 12.6. The van der Waals surface area contributed by atoms with Crippen LogP contribution in [0.3, 0.4) is 0 Å². The summed E-state index contributed by atoms with van der Waals surface area (Å²) in [7, 11) is 1.62. The third-order valence-corrected chi connectivity index (χ3v) is 5.85. The van der Waals surface area contributed by atoms with Crippen LogP contribution < -0.4 is 14.9 Å². The van der Waals surface area contributed by atoms with E-state index in [9.17, 15) is 4.79 Å². The first-order valence-electron chi connectivity index (χ1n) is 11.3. The third-order valence-electron chi connectivity index (χ3n) is 5.85. The van der Waals surface area contributed by atoms with Gasteiger partial charge in [0.25, 0.3) is 5.91 Å². The van der Waals surface area contributed by atoms with Crippen LogP contribution in [0.5, 0.6) is 11.5 Å². The number of nitrogens with zero attached hydrogens (tertiary/aromatic N) is 1. The van der Waals surface area contributed by atoms with Crippen LogP contribution in [0.4, 0.5) is 0 Å². The molecule has 0 saturated carbocycles. The summed E-state index contributed by atoms with van der Waals surface area (Å²) in [6.45, 7) is 0.416. The van der Waals surface area contributed by atoms with Crippen molar-refractivity contribution in [2.24, 2.45) is 5.10 Å². The van der Waals surface area contributed by atoms with Crippen LogP contribution in [-0.2, 0) is 6.61 Å². The fraction of sp³-hybridized carbons (Fsp3) is 0.0667. The molecule has 0 aliphatic carbocycles. The zero-order valence-electron chi connectivity index (χ0n) is 19.3. The molecular formula is C30H24N2O3. The molecule has 5 rings (SSSR count). The summed E-state index contributed by atoms with van der Waals surface area (Å²) in [4.78, 5) is 12.6. The van der Waals surface area contributed by atoms with Crippen LogP contribution in [0.2, 0.25) is 0 Å². The van der Waals surface area contributed by atoms with Crippen molar-refractivity contribution >= 4 is 33.7 Å². The van der Waals surface area contributed by atoms with Gasteiger partial charge in [-0.1, -0.05) is 72.8 Å². The summed E-state index contributed by atoms with van der Waals surface area (Å²) in [5, 5.41) is 8.56. The molecule has 0 radical (unpaired) electrons. The van der Waals surface area contributed by atoms with Crippen molar-refractivity contribution < 1.29 is 14.3 Å². The largest absolute Gasteiger partial charge is 0.496 e. The number of carbonyl (C=O) groups excluding carboxylic acids is 1. The number of carbonyl (C=O) groups is 1. The average molecular weight is 461 g/mol. The molecule has 0 atom stereocenters. The number of benzene rings is 5. The number of ether oxygens (including phenoxy) is 2. The van der Waals surface area contributed by atoms with E-state index in [-0.39, 0.29) is 5.91 Å². The van der Waals surface area contributed by atoms with E-state index in [1.807, 2.05) is 78.9 Å². The standard InChI is InChI=1S/C30H24N2O3/c1-34-29-17-15-23-7-4-5-9-27(23)28(29)19-31-32-30(33)24-12-10-21(11-13-24)20-35-26-16-14-22-6-2-3-8-25(22)18-26/h2-19H,20H2,1H3,(H,32,33)/b31-19+. The molecule has 1 amide bonds. The van der Waals surface area contributed by atoms with Gasteiger partial charge < -0.3 is 9.47 Å². The maximum absolute atomic E-state index is 12.6. The molecule has 0 fully saturated rings. The fourth-order valence-electron chi connectivity index (χ4n) is 3.98. The van der Waals surface area contributed by atoms with E-state index in [0.29, 0.717) is 17.9 Å². The van der Waals surface area contributed by atoms with Crippen LogP contribution in [0.25, 0.3) is 21.5 Å². The molecule has 0 heterocycles. The van der Waals surface area contributed by atoms with E-state index in [1.165, 1.54) is 5.39 Å². The smallest absolute Gasteiger partial charge is 0.271 e. The molecule has 0 aliphatic rings. The van der Waals surface area contributed by atoms with Gasteiger partial charge in [0.15, 0.2) is 0 Å². The van der Waals surface area contributed by atoms with Gasteiger partial charge in [-0.25, -0.2) is 5.43 Å². The number of nitrogens with one attached hydrogen (secondary N) is 1. The first-order chi connectivity index (χ1) is 17.2. The first kappa shape index (κ1) is 22.2. The minimum atomic E-state index is -0.289. The Hall–Kier alpha value is -4.64. The molecule has 5 heteroatoms. The number of hydrogen-bond donors (Lipinski definition) is 1. The number of amides is 1. The summed E-state index contributed by atoms with van der Waals surface area (Å²) in [5.74, 6) is 1.21. The van der Waals surface area contributed by atoms with Gasteiger partial charge in [-0.15, -0.1) is 0 Å². The van der Waals surface area contributed by atoms with Gasteiger partial charge in [-0.3, -0.25) is 4.79 Å². The van der Waals surface area contributed by atoms with E-state index in [4.69, 9.17) is 9.47 Å². The lowest BCUT2D eigenvalue weighted by Crippen LogP contribution is -2.17. The second-order valence-electron chi connectivity index (χ2n) is 8.10. The summed E-state index contributed by atoms with van der Waals surface area (Å²) in [6, 6.07) is 33.4. The molecule has 0 saturated heterocycles. The van der Waals surface area contributed by atoms with Crippen molar-refractivity contribution in [3.63, 3.8) is 0 Å². The highest BCUT2D eigenvalue weighted by Gasteiger charge is 2.08. The first-order valence-corrected chi connectivity index (χ1v) is 11.3. The van der Waals surface area contributed by atoms with Crippen molar-refractivity contribution in [1.82, 2.24) is 5.43 Å². The summed E-state index contributed by atoms with van der Waals surface area (Å²) in [5.41, 5.74) is 4.90. The Balaban J connectivity index is 1.22. The molecule has 172 valence electrons. The molecule has 0 aliphatic heterocycles. The van der Waals surface area contributed by atoms with E-state index in [1.54, 1.807) is 25.5 Å². The highest BCUT2D eigenvalue weighted by Crippen LogP contribution is 2.26. The zero-order valence-corrected chi connectivity index (χ0v) is 19.3. The number of fused-ring (bicyclic) bond motifs is 2. The monoisotopic (exact) mass is 460 g/mol. The van der Waals surface area contributed by atoms with Gasteiger partial charge in [0.05, 0.1) is 13.3 Å². The third kappa shape index (κ3) is 4.99. The van der Waals surface area contributed by atoms with Crippen molar-refractivity contribution in [3.8, 4) is 11.5 Å². The van der Waals surface area contributed by atoms with E-state index < -0.39 is 0 Å². The van der Waals surface area contributed by atoms with Gasteiger partial charge in [0.2, 0.25) is 0 Å². The number of methoxy groups -OCH3 is 1. The molecule has 1 N–H and O–H groups in total. The van der Waals surface area contributed by atoms with E-state index in [0.717, 1.165) is 33.0 Å². The van der Waals surface area contributed by atoms with E-state index in [2.05, 4.69) is 22.7 Å². The molecule has 0 unspecified atom stereocenters. The number of hydrogen-bond acceptors (Lipinski definition) is 4. The minimum Gasteiger partial charge on any atom is -0.496 e. The van der Waals surface area contributed by atoms with E-state index >= 15 is 0 Å². The van der Waals surface area contributed by atoms with Crippen LogP contribution in [0.15, 0.2) is 108 Å². The molecular weight excluding hydrogens is 436 g/mol. The molecule has 5 aromatic rings. The van der Waals surface area contributed by atoms with Crippen molar-refractivity contribution in [1.29, 1.82) is 0 Å².